The van der Waals surface area contributed by atoms with Gasteiger partial charge < -0.3 is 15.8 Å². The smallest absolute Gasteiger partial charge is 0.221 e. The number of amides is 1. The molecule has 98 valence electrons. The van der Waals surface area contributed by atoms with E-state index in [1.54, 1.807) is 0 Å². The third kappa shape index (κ3) is 2.47. The van der Waals surface area contributed by atoms with Crippen molar-refractivity contribution in [3.05, 3.63) is 0 Å². The van der Waals surface area contributed by atoms with Gasteiger partial charge in [0.2, 0.25) is 5.91 Å². The summed E-state index contributed by atoms with van der Waals surface area (Å²) >= 11 is 0. The van der Waals surface area contributed by atoms with E-state index in [-0.39, 0.29) is 23.0 Å². The van der Waals surface area contributed by atoms with Gasteiger partial charge >= 0.3 is 0 Å². The Kier molecular flexibility index (Phi) is 3.46. The number of ether oxygens (including phenoxy) is 1. The van der Waals surface area contributed by atoms with E-state index < -0.39 is 0 Å². The summed E-state index contributed by atoms with van der Waals surface area (Å²) in [5.41, 5.74) is 5.67. The first kappa shape index (κ1) is 12.8. The molecule has 4 nitrogen and oxygen atoms in total. The highest BCUT2D eigenvalue weighted by Gasteiger charge is 2.42. The molecule has 0 radical (unpaired) electrons. The van der Waals surface area contributed by atoms with Crippen LogP contribution in [-0.2, 0) is 9.53 Å². The van der Waals surface area contributed by atoms with Gasteiger partial charge in [0.1, 0.15) is 0 Å². The number of carbonyl (C=O) groups excluding carboxylic acids is 1. The van der Waals surface area contributed by atoms with Gasteiger partial charge in [0.05, 0.1) is 11.6 Å². The molecule has 0 bridgehead atoms. The van der Waals surface area contributed by atoms with Crippen LogP contribution in [0.3, 0.4) is 0 Å². The van der Waals surface area contributed by atoms with Crippen molar-refractivity contribution in [2.24, 2.45) is 11.1 Å². The quantitative estimate of drug-likeness (QED) is 0.776. The molecule has 17 heavy (non-hydrogen) atoms. The summed E-state index contributed by atoms with van der Waals surface area (Å²) in [6.45, 7) is 5.46. The third-order valence-electron chi connectivity index (χ3n) is 4.69. The van der Waals surface area contributed by atoms with Gasteiger partial charge in [-0.25, -0.2) is 0 Å². The molecular weight excluding hydrogens is 216 g/mol. The highest BCUT2D eigenvalue weighted by Crippen LogP contribution is 2.43. The molecule has 0 aromatic rings. The predicted octanol–water partition coefficient (Wildman–Crippen LogP) is 1.19. The highest BCUT2D eigenvalue weighted by atomic mass is 16.5. The van der Waals surface area contributed by atoms with E-state index in [2.05, 4.69) is 12.2 Å². The van der Waals surface area contributed by atoms with Gasteiger partial charge in [-0.15, -0.1) is 0 Å². The van der Waals surface area contributed by atoms with Crippen LogP contribution in [0.2, 0.25) is 0 Å². The first-order valence-electron chi connectivity index (χ1n) is 6.62. The topological polar surface area (TPSA) is 64.3 Å². The van der Waals surface area contributed by atoms with Crippen LogP contribution in [0.25, 0.3) is 0 Å². The van der Waals surface area contributed by atoms with Crippen molar-refractivity contribution in [2.75, 3.05) is 13.2 Å². The maximum absolute atomic E-state index is 12.1. The van der Waals surface area contributed by atoms with Crippen molar-refractivity contribution in [3.63, 3.8) is 0 Å². The van der Waals surface area contributed by atoms with Crippen molar-refractivity contribution in [3.8, 4) is 0 Å². The van der Waals surface area contributed by atoms with Crippen molar-refractivity contribution >= 4 is 5.91 Å². The van der Waals surface area contributed by atoms with E-state index in [1.807, 2.05) is 6.92 Å². The van der Waals surface area contributed by atoms with Crippen LogP contribution in [0.1, 0.15) is 46.0 Å². The maximum atomic E-state index is 12.1. The molecule has 1 saturated heterocycles. The van der Waals surface area contributed by atoms with E-state index in [4.69, 9.17) is 10.5 Å². The minimum atomic E-state index is -0.198. The molecule has 2 aliphatic rings. The van der Waals surface area contributed by atoms with Crippen LogP contribution >= 0.6 is 0 Å². The predicted molar refractivity (Wildman–Crippen MR) is 66.5 cm³/mol. The molecule has 2 rings (SSSR count). The number of rotatable bonds is 4. The van der Waals surface area contributed by atoms with Crippen molar-refractivity contribution in [1.29, 1.82) is 0 Å². The van der Waals surface area contributed by atoms with Gasteiger partial charge in [0.15, 0.2) is 0 Å². The van der Waals surface area contributed by atoms with Gasteiger partial charge in [-0.2, -0.15) is 0 Å². The molecule has 1 amide bonds. The second-order valence-electron chi connectivity index (χ2n) is 5.96. The molecule has 1 heterocycles. The minimum absolute atomic E-state index is 0.0865. The Hall–Kier alpha value is -0.610. The van der Waals surface area contributed by atoms with Gasteiger partial charge in [-0.1, -0.05) is 6.42 Å². The average Bonchev–Trinajstić information content (AvgIpc) is 2.53. The number of nitrogens with two attached hydrogens (primary N) is 1. The Morgan fingerprint density at radius 1 is 1.47 bits per heavy atom. The van der Waals surface area contributed by atoms with Crippen LogP contribution in [0.15, 0.2) is 0 Å². The van der Waals surface area contributed by atoms with E-state index in [9.17, 15) is 4.79 Å². The summed E-state index contributed by atoms with van der Waals surface area (Å²) in [5, 5.41) is 3.14. The summed E-state index contributed by atoms with van der Waals surface area (Å²) < 4.78 is 5.53. The lowest BCUT2D eigenvalue weighted by molar-refractivity contribution is -0.127. The first-order valence-corrected chi connectivity index (χ1v) is 6.62. The molecule has 0 aromatic heterocycles. The number of hydrogen-bond donors (Lipinski definition) is 2. The summed E-state index contributed by atoms with van der Waals surface area (Å²) in [6.07, 6.45) is 4.98. The Balaban J connectivity index is 1.89. The lowest BCUT2D eigenvalue weighted by Crippen LogP contribution is -2.52. The van der Waals surface area contributed by atoms with Crippen LogP contribution in [0, 0.1) is 5.41 Å². The molecular formula is C13H24N2O2. The standard InChI is InChI=1S/C13H24N2O2/c1-10-12(2,6-7-17-10)15-11(16)8-13(9-14)4-3-5-13/h10H,3-9,14H2,1-2H3,(H,15,16). The minimum Gasteiger partial charge on any atom is -0.376 e. The van der Waals surface area contributed by atoms with Crippen molar-refractivity contribution < 1.29 is 9.53 Å². The van der Waals surface area contributed by atoms with E-state index in [1.165, 1.54) is 6.42 Å². The Labute approximate surface area is 103 Å². The summed E-state index contributed by atoms with van der Waals surface area (Å²) in [6, 6.07) is 0. The second kappa shape index (κ2) is 4.58. The third-order valence-corrected chi connectivity index (χ3v) is 4.69. The lowest BCUT2D eigenvalue weighted by atomic mass is 9.66. The van der Waals surface area contributed by atoms with Crippen LogP contribution in [0.5, 0.6) is 0 Å². The molecule has 2 unspecified atom stereocenters. The zero-order valence-corrected chi connectivity index (χ0v) is 10.9. The SMILES string of the molecule is CC1OCCC1(C)NC(=O)CC1(CN)CCC1. The maximum Gasteiger partial charge on any atom is 0.221 e. The molecule has 1 aliphatic carbocycles. The van der Waals surface area contributed by atoms with Crippen LogP contribution in [-0.4, -0.2) is 30.7 Å². The van der Waals surface area contributed by atoms with E-state index in [0.717, 1.165) is 25.9 Å². The van der Waals surface area contributed by atoms with Crippen molar-refractivity contribution in [2.45, 2.75) is 57.6 Å². The largest absolute Gasteiger partial charge is 0.376 e. The van der Waals surface area contributed by atoms with Gasteiger partial charge in [-0.05, 0) is 45.1 Å². The molecule has 2 fully saturated rings. The fourth-order valence-corrected chi connectivity index (χ4v) is 2.83. The summed E-state index contributed by atoms with van der Waals surface area (Å²) in [5.74, 6) is 0.134. The van der Waals surface area contributed by atoms with E-state index in [0.29, 0.717) is 13.0 Å². The number of nitrogens with one attached hydrogen (secondary N) is 1. The Bertz CT molecular complexity index is 296. The molecule has 1 saturated carbocycles. The number of carbonyl (C=O) groups is 1. The highest BCUT2D eigenvalue weighted by molar-refractivity contribution is 5.77. The van der Waals surface area contributed by atoms with Crippen LogP contribution < -0.4 is 11.1 Å². The number of hydrogen-bond acceptors (Lipinski definition) is 3. The van der Waals surface area contributed by atoms with Crippen molar-refractivity contribution in [1.82, 2.24) is 5.32 Å². The summed E-state index contributed by atoms with van der Waals surface area (Å²) in [7, 11) is 0. The van der Waals surface area contributed by atoms with Gasteiger partial charge in [0.25, 0.3) is 0 Å². The Morgan fingerprint density at radius 2 is 2.18 bits per heavy atom. The fourth-order valence-electron chi connectivity index (χ4n) is 2.83. The monoisotopic (exact) mass is 240 g/mol. The fraction of sp³-hybridized carbons (Fsp3) is 0.923. The summed E-state index contributed by atoms with van der Waals surface area (Å²) in [4.78, 5) is 12.1. The van der Waals surface area contributed by atoms with Gasteiger partial charge in [-0.3, -0.25) is 4.79 Å². The van der Waals surface area contributed by atoms with E-state index >= 15 is 0 Å². The van der Waals surface area contributed by atoms with Crippen LogP contribution in [0.4, 0.5) is 0 Å². The lowest BCUT2D eigenvalue weighted by Gasteiger charge is -2.41. The normalized spacial score (nSPS) is 35.4. The molecule has 3 N–H and O–H groups in total. The molecule has 0 aromatic carbocycles. The van der Waals surface area contributed by atoms with Gasteiger partial charge in [0, 0.05) is 13.0 Å². The second-order valence-corrected chi connectivity index (χ2v) is 5.96. The zero-order valence-electron chi connectivity index (χ0n) is 10.9. The molecule has 0 spiro atoms. The Morgan fingerprint density at radius 3 is 2.59 bits per heavy atom. The molecule has 1 aliphatic heterocycles. The zero-order chi connectivity index (χ0) is 12.5. The molecule has 4 heteroatoms. The molecule has 2 atom stereocenters. The average molecular weight is 240 g/mol. The first-order chi connectivity index (χ1) is 8.00.